The van der Waals surface area contributed by atoms with Gasteiger partial charge in [0.2, 0.25) is 0 Å². The molecule has 6 atom stereocenters. The second kappa shape index (κ2) is 8.72. The molecule has 0 aliphatic carbocycles. The van der Waals surface area contributed by atoms with Crippen molar-refractivity contribution in [2.75, 3.05) is 12.3 Å². The summed E-state index contributed by atoms with van der Waals surface area (Å²) in [5.74, 6) is 0.0811. The SMILES string of the molecule is Nc1ncnc2c1ncn2[C@@H]1O[C@H](COP(=O)(O)OP(=O)(O)OP(=O)(O)O)[C@H](O)C1Cl. The van der Waals surface area contributed by atoms with Crippen molar-refractivity contribution < 1.29 is 56.3 Å². The number of nitrogens with two attached hydrogens (primary N) is 1. The molecular formula is C10H15ClN5O12P3. The highest BCUT2D eigenvalue weighted by Gasteiger charge is 2.46. The van der Waals surface area contributed by atoms with E-state index in [1.165, 1.54) is 10.9 Å². The van der Waals surface area contributed by atoms with E-state index in [4.69, 9.17) is 36.8 Å². The van der Waals surface area contributed by atoms with Gasteiger partial charge in [-0.25, -0.2) is 28.6 Å². The van der Waals surface area contributed by atoms with E-state index >= 15 is 0 Å². The van der Waals surface area contributed by atoms with Gasteiger partial charge in [0.25, 0.3) is 0 Å². The highest BCUT2D eigenvalue weighted by Crippen LogP contribution is 2.66. The number of imidazole rings is 1. The Kier molecular flexibility index (Phi) is 6.93. The first-order valence-corrected chi connectivity index (χ1v) is 12.8. The van der Waals surface area contributed by atoms with Gasteiger partial charge in [-0.05, 0) is 0 Å². The van der Waals surface area contributed by atoms with Gasteiger partial charge in [0, 0.05) is 0 Å². The van der Waals surface area contributed by atoms with E-state index < -0.39 is 53.9 Å². The normalized spacial score (nSPS) is 28.5. The van der Waals surface area contributed by atoms with Crippen molar-refractivity contribution >= 4 is 52.1 Å². The molecule has 3 unspecified atom stereocenters. The lowest BCUT2D eigenvalue weighted by Crippen LogP contribution is -2.30. The van der Waals surface area contributed by atoms with Gasteiger partial charge in [-0.3, -0.25) is 9.09 Å². The number of halogens is 1. The first-order valence-electron chi connectivity index (χ1n) is 7.88. The standard InChI is InChI=1S/C10H15ClN5O12P3/c11-5-7(17)4(1-25-30(21,22)28-31(23,24)27-29(18,19)20)26-10(5)16-3-15-6-8(12)13-2-14-9(6)16/h2-5,7,10,17H,1H2,(H,21,22)(H,23,24)(H2,12,13,14)(H2,18,19,20)/t4-,5?,7+,10-/m1/s1. The zero-order chi connectivity index (χ0) is 23.2. The van der Waals surface area contributed by atoms with Gasteiger partial charge < -0.3 is 35.2 Å². The van der Waals surface area contributed by atoms with Crippen molar-refractivity contribution in [2.45, 2.75) is 23.8 Å². The molecule has 0 radical (unpaired) electrons. The smallest absolute Gasteiger partial charge is 0.389 e. The van der Waals surface area contributed by atoms with Crippen molar-refractivity contribution in [3.8, 4) is 0 Å². The van der Waals surface area contributed by atoms with Crippen LogP contribution in [-0.4, -0.2) is 68.4 Å². The van der Waals surface area contributed by atoms with E-state index in [0.29, 0.717) is 0 Å². The lowest BCUT2D eigenvalue weighted by molar-refractivity contribution is -0.0422. The summed E-state index contributed by atoms with van der Waals surface area (Å²) in [4.78, 5) is 47.4. The van der Waals surface area contributed by atoms with Crippen LogP contribution in [0.3, 0.4) is 0 Å². The highest BCUT2D eigenvalue weighted by atomic mass is 35.5. The average molecular weight is 526 g/mol. The number of anilines is 1. The molecule has 3 rings (SSSR count). The molecule has 1 fully saturated rings. The number of ether oxygens (including phenoxy) is 1. The monoisotopic (exact) mass is 525 g/mol. The van der Waals surface area contributed by atoms with Gasteiger partial charge in [0.05, 0.1) is 12.9 Å². The lowest BCUT2D eigenvalue weighted by Gasteiger charge is -2.19. The Labute approximate surface area is 177 Å². The topological polar surface area (TPSA) is 259 Å². The number of aliphatic hydroxyl groups is 1. The van der Waals surface area contributed by atoms with Crippen LogP contribution in [0.15, 0.2) is 12.7 Å². The van der Waals surface area contributed by atoms with Gasteiger partial charge in [0.1, 0.15) is 29.4 Å². The second-order valence-corrected chi connectivity index (χ2v) is 10.9. The van der Waals surface area contributed by atoms with Crippen LogP contribution in [0, 0.1) is 0 Å². The van der Waals surface area contributed by atoms with E-state index in [2.05, 4.69) is 28.1 Å². The van der Waals surface area contributed by atoms with E-state index in [9.17, 15) is 23.7 Å². The molecule has 3 heterocycles. The van der Waals surface area contributed by atoms with E-state index in [1.54, 1.807) is 0 Å². The van der Waals surface area contributed by atoms with E-state index in [-0.39, 0.29) is 17.0 Å². The fraction of sp³-hybridized carbons (Fsp3) is 0.500. The summed E-state index contributed by atoms with van der Waals surface area (Å²) in [5.41, 5.74) is 6.16. The summed E-state index contributed by atoms with van der Waals surface area (Å²) < 4.78 is 52.3. The van der Waals surface area contributed by atoms with Crippen LogP contribution < -0.4 is 5.73 Å². The summed E-state index contributed by atoms with van der Waals surface area (Å²) in [5, 5.41) is 9.14. The predicted molar refractivity (Wildman–Crippen MR) is 99.1 cm³/mol. The van der Waals surface area contributed by atoms with Gasteiger partial charge in [-0.15, -0.1) is 11.6 Å². The molecule has 1 saturated heterocycles. The van der Waals surface area contributed by atoms with Crippen LogP contribution in [0.1, 0.15) is 6.23 Å². The number of fused-ring (bicyclic) bond motifs is 1. The molecular weight excluding hydrogens is 511 g/mol. The van der Waals surface area contributed by atoms with E-state index in [0.717, 1.165) is 6.33 Å². The summed E-state index contributed by atoms with van der Waals surface area (Å²) in [7, 11) is -16.6. The molecule has 0 spiro atoms. The lowest BCUT2D eigenvalue weighted by atomic mass is 10.2. The average Bonchev–Trinajstić information content (AvgIpc) is 3.13. The van der Waals surface area contributed by atoms with Crippen LogP contribution in [0.4, 0.5) is 5.82 Å². The minimum atomic E-state index is -5.68. The van der Waals surface area contributed by atoms with Gasteiger partial charge >= 0.3 is 23.5 Å². The maximum atomic E-state index is 11.8. The summed E-state index contributed by atoms with van der Waals surface area (Å²) in [6.45, 7) is -0.881. The number of rotatable bonds is 8. The minimum absolute atomic E-state index is 0.0811. The van der Waals surface area contributed by atoms with Crippen molar-refractivity contribution in [2.24, 2.45) is 0 Å². The molecule has 0 aromatic carbocycles. The fourth-order valence-corrected chi connectivity index (χ4v) is 5.97. The maximum absolute atomic E-state index is 11.8. The third-order valence-electron chi connectivity index (χ3n) is 3.77. The van der Waals surface area contributed by atoms with Crippen LogP contribution >= 0.6 is 35.1 Å². The van der Waals surface area contributed by atoms with Crippen LogP contribution in [-0.2, 0) is 31.6 Å². The number of phosphoric ester groups is 1. The molecule has 31 heavy (non-hydrogen) atoms. The molecule has 0 bridgehead atoms. The number of aromatic nitrogens is 4. The van der Waals surface area contributed by atoms with Crippen molar-refractivity contribution in [3.63, 3.8) is 0 Å². The number of nitrogen functional groups attached to an aromatic ring is 1. The van der Waals surface area contributed by atoms with Crippen LogP contribution in [0.2, 0.25) is 0 Å². The second-order valence-electron chi connectivity index (χ2n) is 5.97. The molecule has 0 saturated carbocycles. The Balaban J connectivity index is 1.69. The first kappa shape index (κ1) is 24.6. The predicted octanol–water partition coefficient (Wildman–Crippen LogP) is -0.383. The molecule has 2 aromatic rings. The van der Waals surface area contributed by atoms with Crippen molar-refractivity contribution in [1.82, 2.24) is 19.5 Å². The van der Waals surface area contributed by atoms with Gasteiger partial charge in [-0.2, -0.15) is 8.62 Å². The number of nitrogens with zero attached hydrogens (tertiary/aromatic N) is 4. The fourth-order valence-electron chi connectivity index (χ4n) is 2.59. The third-order valence-corrected chi connectivity index (χ3v) is 8.05. The largest absolute Gasteiger partial charge is 0.490 e. The Bertz CT molecular complexity index is 1110. The Morgan fingerprint density at radius 3 is 2.45 bits per heavy atom. The van der Waals surface area contributed by atoms with Crippen molar-refractivity contribution in [3.05, 3.63) is 12.7 Å². The molecule has 2 aromatic heterocycles. The molecule has 21 heteroatoms. The zero-order valence-corrected chi connectivity index (χ0v) is 18.3. The number of hydrogen-bond acceptors (Lipinski definition) is 12. The number of aliphatic hydroxyl groups excluding tert-OH is 1. The quantitative estimate of drug-likeness (QED) is 0.189. The maximum Gasteiger partial charge on any atom is 0.490 e. The van der Waals surface area contributed by atoms with Crippen molar-refractivity contribution in [1.29, 1.82) is 0 Å². The molecule has 7 N–H and O–H groups in total. The molecule has 1 aliphatic heterocycles. The zero-order valence-electron chi connectivity index (χ0n) is 14.9. The Morgan fingerprint density at radius 1 is 1.13 bits per heavy atom. The Morgan fingerprint density at radius 2 is 1.81 bits per heavy atom. The van der Waals surface area contributed by atoms with Gasteiger partial charge in [0.15, 0.2) is 17.7 Å². The van der Waals surface area contributed by atoms with Gasteiger partial charge in [-0.1, -0.05) is 0 Å². The van der Waals surface area contributed by atoms with E-state index in [1.807, 2.05) is 0 Å². The number of hydrogen-bond donors (Lipinski definition) is 6. The summed E-state index contributed by atoms with van der Waals surface area (Å²) in [6.07, 6.45) is -1.44. The van der Waals surface area contributed by atoms with Crippen LogP contribution in [0.5, 0.6) is 0 Å². The minimum Gasteiger partial charge on any atom is -0.389 e. The molecule has 174 valence electrons. The summed E-state index contributed by atoms with van der Waals surface area (Å²) in [6, 6.07) is 0. The molecule has 1 aliphatic rings. The molecule has 17 nitrogen and oxygen atoms in total. The summed E-state index contributed by atoms with van der Waals surface area (Å²) >= 11 is 6.18. The number of phosphoric acid groups is 3. The number of alkyl halides is 1. The Hall–Kier alpha value is -1.03. The third kappa shape index (κ3) is 5.86. The highest BCUT2D eigenvalue weighted by molar-refractivity contribution is 7.66. The van der Waals surface area contributed by atoms with Crippen LogP contribution in [0.25, 0.3) is 11.2 Å². The molecule has 0 amide bonds. The first-order chi connectivity index (χ1) is 14.2.